The monoisotopic (exact) mass is 390 g/mol. The minimum absolute atomic E-state index is 0.189. The van der Waals surface area contributed by atoms with Crippen molar-refractivity contribution < 1.29 is 4.79 Å². The summed E-state index contributed by atoms with van der Waals surface area (Å²) in [5.74, 6) is 0.869. The number of nitrogens with zero attached hydrogens (tertiary/aromatic N) is 3. The van der Waals surface area contributed by atoms with Gasteiger partial charge >= 0.3 is 0 Å². The predicted molar refractivity (Wildman–Crippen MR) is 116 cm³/mol. The van der Waals surface area contributed by atoms with Crippen molar-refractivity contribution in [3.8, 4) is 0 Å². The van der Waals surface area contributed by atoms with Crippen LogP contribution in [0.15, 0.2) is 53.7 Å². The van der Waals surface area contributed by atoms with Crippen LogP contribution in [0.5, 0.6) is 0 Å². The molecule has 5 nitrogen and oxygen atoms in total. The van der Waals surface area contributed by atoms with Crippen LogP contribution < -0.4 is 5.32 Å². The van der Waals surface area contributed by atoms with E-state index in [1.165, 1.54) is 18.4 Å². The first-order valence-electron chi connectivity index (χ1n) is 10.8. The molecule has 0 atom stereocenters. The molecule has 1 saturated carbocycles. The lowest BCUT2D eigenvalue weighted by molar-refractivity contribution is -0.131. The van der Waals surface area contributed by atoms with E-state index in [1.807, 2.05) is 29.4 Å². The molecule has 1 aromatic carbocycles. The van der Waals surface area contributed by atoms with Crippen LogP contribution in [0.4, 0.5) is 0 Å². The van der Waals surface area contributed by atoms with E-state index in [0.717, 1.165) is 43.6 Å². The highest BCUT2D eigenvalue weighted by Gasteiger charge is 2.22. The number of aromatic nitrogens is 1. The molecule has 152 valence electrons. The Kier molecular flexibility index (Phi) is 6.67. The highest BCUT2D eigenvalue weighted by atomic mass is 16.2. The van der Waals surface area contributed by atoms with Gasteiger partial charge in [0.2, 0.25) is 5.91 Å². The van der Waals surface area contributed by atoms with Gasteiger partial charge in [0.05, 0.1) is 18.3 Å². The Morgan fingerprint density at radius 3 is 2.69 bits per heavy atom. The van der Waals surface area contributed by atoms with Crippen LogP contribution in [-0.4, -0.2) is 47.7 Å². The number of aliphatic imine (C=N–C) groups is 1. The molecule has 0 unspecified atom stereocenters. The maximum atomic E-state index is 12.5. The number of likely N-dealkylation sites (tertiary alicyclic amines) is 1. The highest BCUT2D eigenvalue weighted by molar-refractivity contribution is 5.80. The highest BCUT2D eigenvalue weighted by Crippen LogP contribution is 2.23. The van der Waals surface area contributed by atoms with Gasteiger partial charge in [0.25, 0.3) is 0 Å². The van der Waals surface area contributed by atoms with Crippen LogP contribution in [-0.2, 0) is 17.8 Å². The van der Waals surface area contributed by atoms with Crippen LogP contribution >= 0.6 is 0 Å². The van der Waals surface area contributed by atoms with E-state index in [4.69, 9.17) is 0 Å². The topological polar surface area (TPSA) is 57.6 Å². The smallest absolute Gasteiger partial charge is 0.236 e. The minimum Gasteiger partial charge on any atom is -0.342 e. The molecule has 0 bridgehead atoms. The molecule has 1 aliphatic carbocycles. The van der Waals surface area contributed by atoms with Gasteiger partial charge in [0, 0.05) is 32.0 Å². The van der Waals surface area contributed by atoms with Crippen LogP contribution in [0.1, 0.15) is 42.5 Å². The van der Waals surface area contributed by atoms with Crippen molar-refractivity contribution in [3.05, 3.63) is 65.5 Å². The van der Waals surface area contributed by atoms with E-state index >= 15 is 0 Å². The van der Waals surface area contributed by atoms with E-state index in [0.29, 0.717) is 25.0 Å². The van der Waals surface area contributed by atoms with Crippen molar-refractivity contribution >= 4 is 12.1 Å². The third kappa shape index (κ3) is 6.23. The average Bonchev–Trinajstić information content (AvgIpc) is 3.58. The number of benzene rings is 1. The Morgan fingerprint density at radius 2 is 1.93 bits per heavy atom. The van der Waals surface area contributed by atoms with E-state index in [9.17, 15) is 4.79 Å². The average molecular weight is 391 g/mol. The molecule has 2 fully saturated rings. The summed E-state index contributed by atoms with van der Waals surface area (Å²) in [7, 11) is 0. The maximum Gasteiger partial charge on any atom is 0.236 e. The summed E-state index contributed by atoms with van der Waals surface area (Å²) in [6, 6.07) is 15.2. The Hall–Kier alpha value is -2.53. The number of amides is 1. The van der Waals surface area contributed by atoms with Crippen molar-refractivity contribution in [2.24, 2.45) is 10.9 Å². The minimum atomic E-state index is 0.189. The second-order valence-corrected chi connectivity index (χ2v) is 8.21. The number of rotatable bonds is 8. The second kappa shape index (κ2) is 9.79. The van der Waals surface area contributed by atoms with Crippen LogP contribution in [0.25, 0.3) is 0 Å². The molecule has 2 aromatic rings. The summed E-state index contributed by atoms with van der Waals surface area (Å²) in [4.78, 5) is 23.4. The largest absolute Gasteiger partial charge is 0.342 e. The molecule has 1 aromatic heterocycles. The van der Waals surface area contributed by atoms with Crippen LogP contribution in [0, 0.1) is 5.92 Å². The van der Waals surface area contributed by atoms with Gasteiger partial charge in [-0.25, -0.2) is 0 Å². The number of carbonyl (C=O) groups excluding carboxylic acids is 1. The standard InChI is InChI=1S/C24H30N4O/c29-24(28-12-9-20(10-13-28)14-19-4-2-1-3-5-19)18-25-17-23-15-21(8-11-26-23)16-27-22-6-7-22/h1-5,8,11,15-16,20,22,25H,6-7,9-10,12-14,17-18H2. The first kappa shape index (κ1) is 19.8. The molecule has 2 heterocycles. The molecular formula is C24H30N4O. The zero-order valence-corrected chi connectivity index (χ0v) is 17.0. The van der Waals surface area contributed by atoms with E-state index < -0.39 is 0 Å². The van der Waals surface area contributed by atoms with E-state index in [-0.39, 0.29) is 5.91 Å². The van der Waals surface area contributed by atoms with Gasteiger partial charge in [0.1, 0.15) is 0 Å². The van der Waals surface area contributed by atoms with Crippen molar-refractivity contribution in [1.82, 2.24) is 15.2 Å². The molecule has 2 aliphatic rings. The number of pyridine rings is 1. The fourth-order valence-corrected chi connectivity index (χ4v) is 3.83. The number of nitrogens with one attached hydrogen (secondary N) is 1. The van der Waals surface area contributed by atoms with E-state index in [1.54, 1.807) is 0 Å². The summed E-state index contributed by atoms with van der Waals surface area (Å²) in [5, 5.41) is 3.26. The first-order chi connectivity index (χ1) is 14.3. The summed E-state index contributed by atoms with van der Waals surface area (Å²) >= 11 is 0. The molecule has 5 heteroatoms. The Labute approximate surface area is 173 Å². The summed E-state index contributed by atoms with van der Waals surface area (Å²) < 4.78 is 0. The van der Waals surface area contributed by atoms with Gasteiger partial charge in [-0.15, -0.1) is 0 Å². The number of carbonyl (C=O) groups is 1. The van der Waals surface area contributed by atoms with Crippen LogP contribution in [0.3, 0.4) is 0 Å². The Balaban J connectivity index is 1.17. The normalized spacial score (nSPS) is 17.7. The Bertz CT molecular complexity index is 824. The molecule has 29 heavy (non-hydrogen) atoms. The fourth-order valence-electron chi connectivity index (χ4n) is 3.83. The molecule has 0 spiro atoms. The van der Waals surface area contributed by atoms with Crippen molar-refractivity contribution in [2.45, 2.75) is 44.7 Å². The lowest BCUT2D eigenvalue weighted by Gasteiger charge is -2.32. The van der Waals surface area contributed by atoms with Crippen molar-refractivity contribution in [3.63, 3.8) is 0 Å². The van der Waals surface area contributed by atoms with Crippen molar-refractivity contribution in [2.75, 3.05) is 19.6 Å². The molecule has 1 aliphatic heterocycles. The Morgan fingerprint density at radius 1 is 1.14 bits per heavy atom. The quantitative estimate of drug-likeness (QED) is 0.704. The third-order valence-electron chi connectivity index (χ3n) is 5.74. The summed E-state index contributed by atoms with van der Waals surface area (Å²) in [6.07, 6.45) is 9.46. The van der Waals surface area contributed by atoms with Gasteiger partial charge in [-0.1, -0.05) is 30.3 Å². The van der Waals surface area contributed by atoms with E-state index in [2.05, 4.69) is 45.6 Å². The van der Waals surface area contributed by atoms with Gasteiger partial charge in [-0.2, -0.15) is 0 Å². The van der Waals surface area contributed by atoms with Gasteiger partial charge in [0.15, 0.2) is 0 Å². The molecule has 0 radical (unpaired) electrons. The second-order valence-electron chi connectivity index (χ2n) is 8.21. The van der Waals surface area contributed by atoms with Gasteiger partial charge in [-0.3, -0.25) is 14.8 Å². The first-order valence-corrected chi connectivity index (χ1v) is 10.8. The molecule has 1 N–H and O–H groups in total. The van der Waals surface area contributed by atoms with Crippen molar-refractivity contribution in [1.29, 1.82) is 0 Å². The third-order valence-corrected chi connectivity index (χ3v) is 5.74. The molecule has 1 saturated heterocycles. The number of piperidine rings is 1. The fraction of sp³-hybridized carbons (Fsp3) is 0.458. The SMILES string of the molecule is O=C(CNCc1cc(C=NC2CC2)ccn1)N1CCC(Cc2ccccc2)CC1. The number of hydrogen-bond donors (Lipinski definition) is 1. The molecular weight excluding hydrogens is 360 g/mol. The van der Waals surface area contributed by atoms with Gasteiger partial charge in [-0.05, 0) is 61.3 Å². The lowest BCUT2D eigenvalue weighted by Crippen LogP contribution is -2.43. The lowest BCUT2D eigenvalue weighted by atomic mass is 9.90. The zero-order valence-electron chi connectivity index (χ0n) is 17.0. The summed E-state index contributed by atoms with van der Waals surface area (Å²) in [6.45, 7) is 2.69. The maximum absolute atomic E-state index is 12.5. The van der Waals surface area contributed by atoms with Gasteiger partial charge < -0.3 is 10.2 Å². The molecule has 1 amide bonds. The summed E-state index contributed by atoms with van der Waals surface area (Å²) in [5.41, 5.74) is 3.42. The predicted octanol–water partition coefficient (Wildman–Crippen LogP) is 3.23. The number of hydrogen-bond acceptors (Lipinski definition) is 4. The van der Waals surface area contributed by atoms with Crippen LogP contribution in [0.2, 0.25) is 0 Å². The molecule has 4 rings (SSSR count). The zero-order chi connectivity index (χ0) is 19.9.